The molecule has 0 fully saturated rings. The molecule has 0 aliphatic carbocycles. The van der Waals surface area contributed by atoms with Gasteiger partial charge in [-0.25, -0.2) is 4.90 Å². The van der Waals surface area contributed by atoms with Gasteiger partial charge >= 0.3 is 0 Å². The number of halogens is 4. The van der Waals surface area contributed by atoms with E-state index in [0.29, 0.717) is 15.7 Å². The fourth-order valence-corrected chi connectivity index (χ4v) is 3.25. The zero-order chi connectivity index (χ0) is 18.3. The molecule has 0 bridgehead atoms. The molecule has 1 aliphatic heterocycles. The number of nitrogens with zero attached hydrogens (tertiary/aromatic N) is 1. The second-order valence-corrected chi connectivity index (χ2v) is 6.90. The van der Waals surface area contributed by atoms with Gasteiger partial charge in [0, 0.05) is 15.7 Å². The second kappa shape index (κ2) is 6.89. The van der Waals surface area contributed by atoms with Gasteiger partial charge in [-0.15, -0.1) is 0 Å². The lowest BCUT2D eigenvalue weighted by atomic mass is 10.2. The van der Waals surface area contributed by atoms with Crippen molar-refractivity contribution in [3.05, 3.63) is 67.8 Å². The number of carbonyl (C=O) groups is 2. The minimum atomic E-state index is -0.668. The van der Waals surface area contributed by atoms with Crippen molar-refractivity contribution in [1.82, 2.24) is 0 Å². The minimum absolute atomic E-state index is 0.0388. The van der Waals surface area contributed by atoms with Gasteiger partial charge in [-0.3, -0.25) is 9.59 Å². The third kappa shape index (κ3) is 3.23. The summed E-state index contributed by atoms with van der Waals surface area (Å²) >= 11 is 24.1. The van der Waals surface area contributed by atoms with Crippen molar-refractivity contribution < 1.29 is 9.59 Å². The van der Waals surface area contributed by atoms with Crippen LogP contribution in [0.4, 0.5) is 11.4 Å². The summed E-state index contributed by atoms with van der Waals surface area (Å²) in [5.41, 5.74) is 1.47. The molecule has 2 aromatic carbocycles. The number of benzene rings is 2. The van der Waals surface area contributed by atoms with Crippen LogP contribution < -0.4 is 10.2 Å². The molecule has 0 radical (unpaired) electrons. The predicted octanol–water partition coefficient (Wildman–Crippen LogP) is 5.39. The maximum absolute atomic E-state index is 12.7. The highest BCUT2D eigenvalue weighted by molar-refractivity contribution is 6.54. The monoisotopic (exact) mass is 414 g/mol. The molecule has 0 spiro atoms. The van der Waals surface area contributed by atoms with Crippen LogP contribution >= 0.6 is 46.4 Å². The van der Waals surface area contributed by atoms with Crippen LogP contribution in [-0.2, 0) is 9.59 Å². The summed E-state index contributed by atoms with van der Waals surface area (Å²) in [5.74, 6) is -1.28. The largest absolute Gasteiger partial charge is 0.349 e. The molecular weight excluding hydrogens is 406 g/mol. The molecule has 4 nitrogen and oxygen atoms in total. The highest BCUT2D eigenvalue weighted by atomic mass is 35.5. The van der Waals surface area contributed by atoms with Gasteiger partial charge < -0.3 is 5.32 Å². The second-order valence-electron chi connectivity index (χ2n) is 5.27. The van der Waals surface area contributed by atoms with Crippen molar-refractivity contribution in [1.29, 1.82) is 0 Å². The summed E-state index contributed by atoms with van der Waals surface area (Å²) in [6.45, 7) is 1.79. The number of imide groups is 1. The Labute approximate surface area is 163 Å². The van der Waals surface area contributed by atoms with Crippen LogP contribution in [0.5, 0.6) is 0 Å². The molecule has 1 N–H and O–H groups in total. The minimum Gasteiger partial charge on any atom is -0.349 e. The molecule has 0 aromatic heterocycles. The van der Waals surface area contributed by atoms with Gasteiger partial charge in [-0.1, -0.05) is 52.5 Å². The Bertz CT molecular complexity index is 940. The first kappa shape index (κ1) is 18.1. The summed E-state index contributed by atoms with van der Waals surface area (Å²) in [6.07, 6.45) is 0. The van der Waals surface area contributed by atoms with Crippen LogP contribution in [0.1, 0.15) is 5.56 Å². The Kier molecular flexibility index (Phi) is 4.98. The molecule has 1 aliphatic rings. The normalized spacial score (nSPS) is 14.5. The van der Waals surface area contributed by atoms with Gasteiger partial charge in [0.1, 0.15) is 10.7 Å². The van der Waals surface area contributed by atoms with Crippen molar-refractivity contribution in [3.63, 3.8) is 0 Å². The Morgan fingerprint density at radius 3 is 2.32 bits per heavy atom. The average molecular weight is 416 g/mol. The van der Waals surface area contributed by atoms with Crippen molar-refractivity contribution in [2.24, 2.45) is 0 Å². The first-order chi connectivity index (χ1) is 11.8. The molecule has 0 saturated heterocycles. The molecule has 8 heteroatoms. The fourth-order valence-electron chi connectivity index (χ4n) is 2.37. The molecule has 0 saturated carbocycles. The van der Waals surface area contributed by atoms with Crippen molar-refractivity contribution in [3.8, 4) is 0 Å². The van der Waals surface area contributed by atoms with E-state index < -0.39 is 11.8 Å². The lowest BCUT2D eigenvalue weighted by Gasteiger charge is -2.17. The van der Waals surface area contributed by atoms with E-state index in [9.17, 15) is 9.59 Å². The molecule has 2 aromatic rings. The standard InChI is InChI=1S/C17H10Cl4N2O2/c1-8-10(19)3-2-4-12(8)22-15-14(21)16(24)23(17(15)25)13-6-5-9(18)7-11(13)20/h2-7,22H,1H3. The lowest BCUT2D eigenvalue weighted by molar-refractivity contribution is -0.120. The fraction of sp³-hybridized carbons (Fsp3) is 0.0588. The van der Waals surface area contributed by atoms with Gasteiger partial charge in [-0.2, -0.15) is 0 Å². The van der Waals surface area contributed by atoms with Crippen LogP contribution in [0.3, 0.4) is 0 Å². The summed E-state index contributed by atoms with van der Waals surface area (Å²) in [7, 11) is 0. The Morgan fingerprint density at radius 1 is 0.920 bits per heavy atom. The molecule has 0 atom stereocenters. The maximum atomic E-state index is 12.7. The van der Waals surface area contributed by atoms with Gasteiger partial charge in [0.15, 0.2) is 0 Å². The Balaban J connectivity index is 1.98. The zero-order valence-corrected chi connectivity index (χ0v) is 15.8. The summed E-state index contributed by atoms with van der Waals surface area (Å²) in [6, 6.07) is 9.64. The smallest absolute Gasteiger partial charge is 0.283 e. The third-order valence-electron chi connectivity index (χ3n) is 3.71. The van der Waals surface area contributed by atoms with Crippen LogP contribution in [0.25, 0.3) is 0 Å². The first-order valence-electron chi connectivity index (χ1n) is 7.07. The topological polar surface area (TPSA) is 49.4 Å². The van der Waals surface area contributed by atoms with Crippen molar-refractivity contribution in [2.75, 3.05) is 10.2 Å². The van der Waals surface area contributed by atoms with E-state index in [4.69, 9.17) is 46.4 Å². The van der Waals surface area contributed by atoms with Crippen LogP contribution in [0.2, 0.25) is 15.1 Å². The van der Waals surface area contributed by atoms with E-state index in [0.717, 1.165) is 10.5 Å². The average Bonchev–Trinajstić information content (AvgIpc) is 2.76. The maximum Gasteiger partial charge on any atom is 0.283 e. The van der Waals surface area contributed by atoms with E-state index in [2.05, 4.69) is 5.32 Å². The highest BCUT2D eigenvalue weighted by Crippen LogP contribution is 2.36. The van der Waals surface area contributed by atoms with Crippen LogP contribution in [0, 0.1) is 6.92 Å². The molecule has 2 amide bonds. The van der Waals surface area contributed by atoms with Gasteiger partial charge in [-0.05, 0) is 42.8 Å². The van der Waals surface area contributed by atoms with Crippen molar-refractivity contribution in [2.45, 2.75) is 6.92 Å². The number of rotatable bonds is 3. The van der Waals surface area contributed by atoms with E-state index in [-0.39, 0.29) is 21.4 Å². The van der Waals surface area contributed by atoms with Crippen LogP contribution in [-0.4, -0.2) is 11.8 Å². The van der Waals surface area contributed by atoms with Crippen LogP contribution in [0.15, 0.2) is 47.1 Å². The molecular formula is C17H10Cl4N2O2. The van der Waals surface area contributed by atoms with Crippen molar-refractivity contribution >= 4 is 69.6 Å². The molecule has 25 heavy (non-hydrogen) atoms. The number of amides is 2. The molecule has 128 valence electrons. The van der Waals surface area contributed by atoms with E-state index in [1.807, 2.05) is 0 Å². The van der Waals surface area contributed by atoms with E-state index in [1.54, 1.807) is 25.1 Å². The SMILES string of the molecule is Cc1c(Cl)cccc1NC1=C(Cl)C(=O)N(c2ccc(Cl)cc2Cl)C1=O. The number of carbonyl (C=O) groups excluding carboxylic acids is 2. The van der Waals surface area contributed by atoms with E-state index >= 15 is 0 Å². The van der Waals surface area contributed by atoms with E-state index in [1.165, 1.54) is 18.2 Å². The highest BCUT2D eigenvalue weighted by Gasteiger charge is 2.40. The zero-order valence-electron chi connectivity index (χ0n) is 12.7. The number of nitrogens with one attached hydrogen (secondary N) is 1. The quantitative estimate of drug-likeness (QED) is 0.683. The Hall–Kier alpha value is -1.72. The van der Waals surface area contributed by atoms with Gasteiger partial charge in [0.25, 0.3) is 11.8 Å². The third-order valence-corrected chi connectivity index (χ3v) is 5.00. The summed E-state index contributed by atoms with van der Waals surface area (Å²) < 4.78 is 0. The lowest BCUT2D eigenvalue weighted by Crippen LogP contribution is -2.32. The number of hydrogen-bond donors (Lipinski definition) is 1. The molecule has 3 rings (SSSR count). The van der Waals surface area contributed by atoms with Gasteiger partial charge in [0.05, 0.1) is 10.7 Å². The summed E-state index contributed by atoms with van der Waals surface area (Å²) in [4.78, 5) is 26.1. The predicted molar refractivity (Wildman–Crippen MR) is 102 cm³/mol. The summed E-state index contributed by atoms with van der Waals surface area (Å²) in [5, 5.41) is 3.74. The first-order valence-corrected chi connectivity index (χ1v) is 8.58. The van der Waals surface area contributed by atoms with Gasteiger partial charge in [0.2, 0.25) is 0 Å². The number of anilines is 2. The molecule has 1 heterocycles. The molecule has 0 unspecified atom stereocenters. The number of hydrogen-bond acceptors (Lipinski definition) is 3. The Morgan fingerprint density at radius 2 is 1.64 bits per heavy atom.